The summed E-state index contributed by atoms with van der Waals surface area (Å²) in [6, 6.07) is 8.89. The predicted molar refractivity (Wildman–Crippen MR) is 76.7 cm³/mol. The minimum atomic E-state index is -0.714. The van der Waals surface area contributed by atoms with Gasteiger partial charge in [-0.1, -0.05) is 6.07 Å². The standard InChI is InChI=1S/C15H14FN3O2/c1-9-8-10(14(20)17-2)6-7-11(9)19-15(21)12-4-3-5-13(16)18-12/h3-8H,1-2H3,(H,17,20)(H,19,21). The molecule has 2 amide bonds. The summed E-state index contributed by atoms with van der Waals surface area (Å²) in [7, 11) is 1.54. The molecule has 0 aliphatic rings. The normalized spacial score (nSPS) is 10.0. The molecular weight excluding hydrogens is 273 g/mol. The van der Waals surface area contributed by atoms with Crippen molar-refractivity contribution in [3.05, 3.63) is 59.2 Å². The molecule has 2 rings (SSSR count). The predicted octanol–water partition coefficient (Wildman–Crippen LogP) is 2.14. The number of anilines is 1. The minimum Gasteiger partial charge on any atom is -0.355 e. The molecule has 0 bridgehead atoms. The van der Waals surface area contributed by atoms with Crippen LogP contribution in [0.15, 0.2) is 36.4 Å². The maximum absolute atomic E-state index is 13.0. The second-order valence-electron chi connectivity index (χ2n) is 4.41. The van der Waals surface area contributed by atoms with Crippen LogP contribution in [-0.2, 0) is 0 Å². The first kappa shape index (κ1) is 14.6. The molecule has 0 aliphatic heterocycles. The van der Waals surface area contributed by atoms with Crippen LogP contribution in [0.1, 0.15) is 26.4 Å². The van der Waals surface area contributed by atoms with Gasteiger partial charge in [0.05, 0.1) is 0 Å². The molecule has 108 valence electrons. The average Bonchev–Trinajstić information content (AvgIpc) is 2.48. The number of benzene rings is 1. The van der Waals surface area contributed by atoms with Crippen molar-refractivity contribution >= 4 is 17.5 Å². The zero-order chi connectivity index (χ0) is 15.4. The Balaban J connectivity index is 2.20. The summed E-state index contributed by atoms with van der Waals surface area (Å²) in [5.41, 5.74) is 1.75. The molecule has 0 atom stereocenters. The fraction of sp³-hybridized carbons (Fsp3) is 0.133. The number of rotatable bonds is 3. The third kappa shape index (κ3) is 3.42. The van der Waals surface area contributed by atoms with Crippen LogP contribution in [0.25, 0.3) is 0 Å². The van der Waals surface area contributed by atoms with Crippen LogP contribution in [0, 0.1) is 12.9 Å². The maximum atomic E-state index is 13.0. The zero-order valence-electron chi connectivity index (χ0n) is 11.6. The smallest absolute Gasteiger partial charge is 0.274 e. The fourth-order valence-electron chi connectivity index (χ4n) is 1.81. The second kappa shape index (κ2) is 6.13. The highest BCUT2D eigenvalue weighted by molar-refractivity contribution is 6.03. The Kier molecular flexibility index (Phi) is 4.27. The number of nitrogens with zero attached hydrogens (tertiary/aromatic N) is 1. The lowest BCUT2D eigenvalue weighted by atomic mass is 10.1. The summed E-state index contributed by atoms with van der Waals surface area (Å²) >= 11 is 0. The Labute approximate surface area is 121 Å². The Morgan fingerprint density at radius 3 is 2.52 bits per heavy atom. The third-order valence-electron chi connectivity index (χ3n) is 2.91. The van der Waals surface area contributed by atoms with Gasteiger partial charge in [-0.25, -0.2) is 4.98 Å². The van der Waals surface area contributed by atoms with Crippen molar-refractivity contribution in [3.8, 4) is 0 Å². The van der Waals surface area contributed by atoms with Crippen LogP contribution in [0.4, 0.5) is 10.1 Å². The van der Waals surface area contributed by atoms with Gasteiger partial charge < -0.3 is 10.6 Å². The molecule has 0 spiro atoms. The molecular formula is C15H14FN3O2. The summed E-state index contributed by atoms with van der Waals surface area (Å²) < 4.78 is 13.0. The Morgan fingerprint density at radius 1 is 1.14 bits per heavy atom. The Morgan fingerprint density at radius 2 is 1.90 bits per heavy atom. The topological polar surface area (TPSA) is 71.1 Å². The molecule has 1 heterocycles. The van der Waals surface area contributed by atoms with Crippen LogP contribution in [0.2, 0.25) is 0 Å². The van der Waals surface area contributed by atoms with Crippen molar-refractivity contribution in [2.45, 2.75) is 6.92 Å². The quantitative estimate of drug-likeness (QED) is 0.850. The first-order chi connectivity index (χ1) is 10.0. The highest BCUT2D eigenvalue weighted by Crippen LogP contribution is 2.17. The largest absolute Gasteiger partial charge is 0.355 e. The van der Waals surface area contributed by atoms with Gasteiger partial charge in [0.25, 0.3) is 11.8 Å². The highest BCUT2D eigenvalue weighted by Gasteiger charge is 2.11. The lowest BCUT2D eigenvalue weighted by Crippen LogP contribution is -2.18. The van der Waals surface area contributed by atoms with Crippen molar-refractivity contribution in [1.82, 2.24) is 10.3 Å². The first-order valence-electron chi connectivity index (χ1n) is 6.28. The van der Waals surface area contributed by atoms with Gasteiger partial charge in [0, 0.05) is 18.3 Å². The van der Waals surface area contributed by atoms with Gasteiger partial charge in [0.1, 0.15) is 5.69 Å². The SMILES string of the molecule is CNC(=O)c1ccc(NC(=O)c2cccc(F)n2)c(C)c1. The summed E-state index contributed by atoms with van der Waals surface area (Å²) in [5.74, 6) is -1.43. The van der Waals surface area contributed by atoms with E-state index in [0.717, 1.165) is 5.56 Å². The third-order valence-corrected chi connectivity index (χ3v) is 2.91. The maximum Gasteiger partial charge on any atom is 0.274 e. The molecule has 21 heavy (non-hydrogen) atoms. The van der Waals surface area contributed by atoms with E-state index < -0.39 is 11.9 Å². The summed E-state index contributed by atoms with van der Waals surface area (Å²) in [6.07, 6.45) is 0. The monoisotopic (exact) mass is 287 g/mol. The molecule has 0 radical (unpaired) electrons. The van der Waals surface area contributed by atoms with E-state index in [1.165, 1.54) is 18.2 Å². The van der Waals surface area contributed by atoms with Crippen molar-refractivity contribution in [3.63, 3.8) is 0 Å². The molecule has 0 saturated carbocycles. The number of carbonyl (C=O) groups is 2. The second-order valence-corrected chi connectivity index (χ2v) is 4.41. The molecule has 2 aromatic rings. The van der Waals surface area contributed by atoms with Gasteiger partial charge in [0.2, 0.25) is 5.95 Å². The van der Waals surface area contributed by atoms with Crippen LogP contribution in [0.5, 0.6) is 0 Å². The van der Waals surface area contributed by atoms with Crippen molar-refractivity contribution in [1.29, 1.82) is 0 Å². The number of halogens is 1. The first-order valence-corrected chi connectivity index (χ1v) is 6.28. The lowest BCUT2D eigenvalue weighted by molar-refractivity contribution is 0.0962. The number of hydrogen-bond acceptors (Lipinski definition) is 3. The van der Waals surface area contributed by atoms with Crippen molar-refractivity contribution in [2.75, 3.05) is 12.4 Å². The molecule has 5 nitrogen and oxygen atoms in total. The van der Waals surface area contributed by atoms with E-state index in [0.29, 0.717) is 11.3 Å². The van der Waals surface area contributed by atoms with E-state index in [2.05, 4.69) is 15.6 Å². The Hall–Kier alpha value is -2.76. The average molecular weight is 287 g/mol. The van der Waals surface area contributed by atoms with Gasteiger partial charge >= 0.3 is 0 Å². The summed E-state index contributed by atoms with van der Waals surface area (Å²) in [5, 5.41) is 5.16. The van der Waals surface area contributed by atoms with Crippen LogP contribution in [0.3, 0.4) is 0 Å². The van der Waals surface area contributed by atoms with Crippen molar-refractivity contribution in [2.24, 2.45) is 0 Å². The fourth-order valence-corrected chi connectivity index (χ4v) is 1.81. The minimum absolute atomic E-state index is 0.00947. The van der Waals surface area contributed by atoms with E-state index in [4.69, 9.17) is 0 Å². The van der Waals surface area contributed by atoms with E-state index >= 15 is 0 Å². The number of nitrogens with one attached hydrogen (secondary N) is 2. The Bertz CT molecular complexity index is 701. The zero-order valence-corrected chi connectivity index (χ0v) is 11.6. The van der Waals surface area contributed by atoms with E-state index in [1.54, 1.807) is 32.2 Å². The number of hydrogen-bond donors (Lipinski definition) is 2. The number of amides is 2. The molecule has 2 N–H and O–H groups in total. The van der Waals surface area contributed by atoms with Gasteiger partial charge in [-0.05, 0) is 42.8 Å². The number of aromatic nitrogens is 1. The van der Waals surface area contributed by atoms with E-state index in [1.807, 2.05) is 0 Å². The molecule has 0 aliphatic carbocycles. The number of pyridine rings is 1. The number of aryl methyl sites for hydroxylation is 1. The van der Waals surface area contributed by atoms with Crippen LogP contribution in [-0.4, -0.2) is 23.8 Å². The molecule has 0 fully saturated rings. The van der Waals surface area contributed by atoms with Crippen LogP contribution >= 0.6 is 0 Å². The molecule has 0 saturated heterocycles. The van der Waals surface area contributed by atoms with E-state index in [9.17, 15) is 14.0 Å². The van der Waals surface area contributed by atoms with Gasteiger partial charge in [-0.2, -0.15) is 4.39 Å². The van der Waals surface area contributed by atoms with E-state index in [-0.39, 0.29) is 11.6 Å². The number of carbonyl (C=O) groups excluding carboxylic acids is 2. The van der Waals surface area contributed by atoms with Crippen molar-refractivity contribution < 1.29 is 14.0 Å². The molecule has 0 unspecified atom stereocenters. The van der Waals surface area contributed by atoms with Gasteiger partial charge in [-0.15, -0.1) is 0 Å². The lowest BCUT2D eigenvalue weighted by Gasteiger charge is -2.09. The van der Waals surface area contributed by atoms with Crippen LogP contribution < -0.4 is 10.6 Å². The summed E-state index contributed by atoms with van der Waals surface area (Å²) in [6.45, 7) is 1.76. The van der Waals surface area contributed by atoms with Gasteiger partial charge in [0.15, 0.2) is 0 Å². The molecule has 1 aromatic carbocycles. The molecule has 1 aromatic heterocycles. The van der Waals surface area contributed by atoms with Gasteiger partial charge in [-0.3, -0.25) is 9.59 Å². The highest BCUT2D eigenvalue weighted by atomic mass is 19.1. The molecule has 6 heteroatoms. The summed E-state index contributed by atoms with van der Waals surface area (Å²) in [4.78, 5) is 27.0.